The lowest BCUT2D eigenvalue weighted by molar-refractivity contribution is -0.350. The average molecular weight is 609 g/mol. The number of phenols is 1. The Labute approximate surface area is 244 Å². The minimum absolute atomic E-state index is 0.0335. The molecule has 43 heavy (non-hydrogen) atoms. The number of allylic oxidation sites excluding steroid dienone is 1. The van der Waals surface area contributed by atoms with E-state index in [9.17, 15) is 40.2 Å². The van der Waals surface area contributed by atoms with Crippen molar-refractivity contribution in [2.45, 2.75) is 67.8 Å². The molecule has 0 aromatic heterocycles. The second-order valence-corrected chi connectivity index (χ2v) is 11.0. The van der Waals surface area contributed by atoms with E-state index in [-0.39, 0.29) is 22.6 Å². The number of epoxide rings is 1. The van der Waals surface area contributed by atoms with E-state index in [4.69, 9.17) is 33.2 Å². The number of phenolic OH excluding ortho intramolecular Hbond substituents is 1. The molecule has 15 heteroatoms. The zero-order chi connectivity index (χ0) is 31.0. The molecule has 0 bridgehead atoms. The largest absolute Gasteiger partial charge is 0.504 e. The van der Waals surface area contributed by atoms with Crippen molar-refractivity contribution >= 4 is 17.5 Å². The first-order valence-electron chi connectivity index (χ1n) is 13.5. The number of aliphatic hydroxyl groups excluding tert-OH is 5. The number of fused-ring (bicyclic) bond motifs is 5. The number of carbonyl (C=O) groups excluding carboxylic acids is 2. The van der Waals surface area contributed by atoms with E-state index >= 15 is 0 Å². The van der Waals surface area contributed by atoms with Crippen molar-refractivity contribution in [3.8, 4) is 11.5 Å². The maximum absolute atomic E-state index is 13.5. The van der Waals surface area contributed by atoms with E-state index in [1.807, 2.05) is 0 Å². The molecular formula is C28H32O15. The summed E-state index contributed by atoms with van der Waals surface area (Å²) in [5, 5.41) is 62.5. The molecule has 12 atom stereocenters. The van der Waals surface area contributed by atoms with Crippen molar-refractivity contribution in [2.24, 2.45) is 11.8 Å². The molecule has 3 saturated heterocycles. The highest BCUT2D eigenvalue weighted by Gasteiger charge is 2.81. The van der Waals surface area contributed by atoms with Crippen molar-refractivity contribution in [3.05, 3.63) is 41.2 Å². The van der Waals surface area contributed by atoms with E-state index in [1.54, 1.807) is 6.92 Å². The lowest BCUT2D eigenvalue weighted by atomic mass is 9.75. The summed E-state index contributed by atoms with van der Waals surface area (Å²) in [6.45, 7) is 0.879. The zero-order valence-electron chi connectivity index (χ0n) is 23.2. The molecule has 15 nitrogen and oxygen atoms in total. The van der Waals surface area contributed by atoms with Crippen LogP contribution < -0.4 is 4.74 Å². The Hall–Kier alpha value is -3.28. The molecule has 1 aromatic carbocycles. The van der Waals surface area contributed by atoms with E-state index < -0.39 is 91.3 Å². The second-order valence-electron chi connectivity index (χ2n) is 11.0. The van der Waals surface area contributed by atoms with E-state index in [0.717, 1.165) is 6.26 Å². The highest BCUT2D eigenvalue weighted by atomic mass is 16.8. The summed E-state index contributed by atoms with van der Waals surface area (Å²) in [5.41, 5.74) is -1.14. The van der Waals surface area contributed by atoms with Gasteiger partial charge in [0.2, 0.25) is 6.29 Å². The Bertz CT molecular complexity index is 1370. The van der Waals surface area contributed by atoms with Crippen LogP contribution in [0.1, 0.15) is 12.5 Å². The molecule has 1 aromatic rings. The fourth-order valence-corrected chi connectivity index (χ4v) is 6.72. The van der Waals surface area contributed by atoms with Crippen LogP contribution in [-0.2, 0) is 38.0 Å². The molecule has 4 heterocycles. The molecule has 0 amide bonds. The first-order chi connectivity index (χ1) is 20.5. The van der Waals surface area contributed by atoms with Gasteiger partial charge in [-0.15, -0.1) is 0 Å². The van der Waals surface area contributed by atoms with Crippen LogP contribution in [0.2, 0.25) is 0 Å². The predicted octanol–water partition coefficient (Wildman–Crippen LogP) is -1.93. The normalized spacial score (nSPS) is 42.4. The van der Waals surface area contributed by atoms with Gasteiger partial charge in [-0.1, -0.05) is 6.07 Å². The molecule has 0 radical (unpaired) electrons. The molecule has 1 aliphatic carbocycles. The van der Waals surface area contributed by atoms with Gasteiger partial charge in [0.1, 0.15) is 36.6 Å². The third-order valence-corrected chi connectivity index (χ3v) is 8.96. The lowest BCUT2D eigenvalue weighted by Crippen LogP contribution is -2.62. The number of hydrogen-bond acceptors (Lipinski definition) is 15. The topological polar surface area (TPSA) is 223 Å². The molecule has 4 aliphatic heterocycles. The number of rotatable bonds is 6. The van der Waals surface area contributed by atoms with Crippen LogP contribution in [0.15, 0.2) is 35.6 Å². The van der Waals surface area contributed by atoms with Crippen molar-refractivity contribution in [3.63, 3.8) is 0 Å². The summed E-state index contributed by atoms with van der Waals surface area (Å²) in [5.74, 6) is -3.60. The van der Waals surface area contributed by atoms with E-state index in [1.165, 1.54) is 32.4 Å². The molecule has 1 saturated carbocycles. The fourth-order valence-electron chi connectivity index (χ4n) is 6.72. The van der Waals surface area contributed by atoms with Crippen LogP contribution in [0.25, 0.3) is 5.57 Å². The Morgan fingerprint density at radius 2 is 1.79 bits per heavy atom. The zero-order valence-corrected chi connectivity index (χ0v) is 23.2. The molecular weight excluding hydrogens is 576 g/mol. The van der Waals surface area contributed by atoms with Crippen molar-refractivity contribution < 1.29 is 73.4 Å². The molecule has 5 aliphatic rings. The lowest BCUT2D eigenvalue weighted by Gasteiger charge is -2.45. The van der Waals surface area contributed by atoms with Crippen LogP contribution in [0.5, 0.6) is 11.5 Å². The minimum atomic E-state index is -1.84. The van der Waals surface area contributed by atoms with Gasteiger partial charge in [-0.05, 0) is 30.2 Å². The van der Waals surface area contributed by atoms with Crippen LogP contribution in [0.4, 0.5) is 0 Å². The highest BCUT2D eigenvalue weighted by Crippen LogP contribution is 2.64. The standard InChI is InChI=1S/C28H32O15/c1-9(10-4-5-12(30)13(6-10)37-2)15-22(34)28(43-25(15)36)17-16(21-23(28)41-21)11(24(35)38-3)8-39-26(17)42-27-20(33)19(32)18(31)14(7-29)40-27/h4-6,8,14,16-23,26-27,29-34H,7H2,1-3H3/t14-,16+,17-,18-,19+,20-,21-,22+,23-,26+,27-,28+/m0/s1. The summed E-state index contributed by atoms with van der Waals surface area (Å²) < 4.78 is 39.1. The third-order valence-electron chi connectivity index (χ3n) is 8.96. The quantitative estimate of drug-likeness (QED) is 0.118. The highest BCUT2D eigenvalue weighted by molar-refractivity contribution is 6.01. The number of aliphatic hydroxyl groups is 5. The summed E-state index contributed by atoms with van der Waals surface area (Å²) in [6, 6.07) is 4.40. The van der Waals surface area contributed by atoms with Crippen LogP contribution in [0, 0.1) is 11.8 Å². The summed E-state index contributed by atoms with van der Waals surface area (Å²) >= 11 is 0. The molecule has 6 N–H and O–H groups in total. The fraction of sp³-hybridized carbons (Fsp3) is 0.571. The maximum atomic E-state index is 13.5. The van der Waals surface area contributed by atoms with Crippen LogP contribution in [0.3, 0.4) is 0 Å². The van der Waals surface area contributed by atoms with Gasteiger partial charge in [0, 0.05) is 5.92 Å². The molecule has 1 spiro atoms. The number of benzene rings is 1. The third kappa shape index (κ3) is 4.34. The first-order valence-corrected chi connectivity index (χ1v) is 13.5. The predicted molar refractivity (Wildman–Crippen MR) is 138 cm³/mol. The molecule has 234 valence electrons. The van der Waals surface area contributed by atoms with Crippen LogP contribution >= 0.6 is 0 Å². The van der Waals surface area contributed by atoms with Gasteiger partial charge in [0.05, 0.1) is 50.3 Å². The van der Waals surface area contributed by atoms with Gasteiger partial charge in [-0.25, -0.2) is 9.59 Å². The second kappa shape index (κ2) is 10.7. The van der Waals surface area contributed by atoms with E-state index in [2.05, 4.69) is 0 Å². The number of hydrogen-bond donors (Lipinski definition) is 6. The van der Waals surface area contributed by atoms with Gasteiger partial charge in [0.15, 0.2) is 23.4 Å². The number of carbonyl (C=O) groups is 2. The minimum Gasteiger partial charge on any atom is -0.504 e. The van der Waals surface area contributed by atoms with Gasteiger partial charge in [-0.2, -0.15) is 0 Å². The SMILES string of the molecule is COC(=O)C1=CO[C@H](O[C@@H]2O[C@@H](CO)[C@H](O)[C@@H](O)[C@@H]2O)[C@@H]2[C@@H]1[C@@H]1O[C@@H]1[C@@]21OC(=O)C(=C(C)c2ccc(O)c(OC)c2)[C@H]1O. The Balaban J connectivity index is 1.40. The first kappa shape index (κ1) is 29.8. The Morgan fingerprint density at radius 3 is 2.47 bits per heavy atom. The summed E-state index contributed by atoms with van der Waals surface area (Å²) in [7, 11) is 2.54. The molecule has 0 unspecified atom stereocenters. The smallest absolute Gasteiger partial charge is 0.337 e. The number of methoxy groups -OCH3 is 2. The van der Waals surface area contributed by atoms with Crippen molar-refractivity contribution in [2.75, 3.05) is 20.8 Å². The van der Waals surface area contributed by atoms with Gasteiger partial charge >= 0.3 is 11.9 Å². The molecule has 6 rings (SSSR count). The monoisotopic (exact) mass is 608 g/mol. The number of ether oxygens (including phenoxy) is 7. The summed E-state index contributed by atoms with van der Waals surface area (Å²) in [4.78, 5) is 26.2. The van der Waals surface area contributed by atoms with Crippen molar-refractivity contribution in [1.29, 1.82) is 0 Å². The van der Waals surface area contributed by atoms with E-state index in [0.29, 0.717) is 11.1 Å². The molecule has 4 fully saturated rings. The van der Waals surface area contributed by atoms with Gasteiger partial charge < -0.3 is 63.8 Å². The Kier molecular flexibility index (Phi) is 7.42. The number of aromatic hydroxyl groups is 1. The van der Waals surface area contributed by atoms with Gasteiger partial charge in [-0.3, -0.25) is 0 Å². The Morgan fingerprint density at radius 1 is 1.05 bits per heavy atom. The van der Waals surface area contributed by atoms with Crippen LogP contribution in [-0.4, -0.2) is 124 Å². The van der Waals surface area contributed by atoms with Crippen molar-refractivity contribution in [1.82, 2.24) is 0 Å². The summed E-state index contributed by atoms with van der Waals surface area (Å²) in [6.07, 6.45) is -11.7. The maximum Gasteiger partial charge on any atom is 0.337 e. The average Bonchev–Trinajstić information content (AvgIpc) is 3.69. The van der Waals surface area contributed by atoms with Gasteiger partial charge in [0.25, 0.3) is 0 Å². The number of esters is 2.